The summed E-state index contributed by atoms with van der Waals surface area (Å²) in [4.78, 5) is 28.9. The van der Waals surface area contributed by atoms with Crippen LogP contribution < -0.4 is 10.6 Å². The van der Waals surface area contributed by atoms with Gasteiger partial charge in [-0.3, -0.25) is 4.98 Å². The molecule has 0 atom stereocenters. The summed E-state index contributed by atoms with van der Waals surface area (Å²) in [5, 5.41) is 1.15. The van der Waals surface area contributed by atoms with E-state index in [1.54, 1.807) is 12.3 Å². The second-order valence-corrected chi connectivity index (χ2v) is 9.89. The van der Waals surface area contributed by atoms with Gasteiger partial charge in [-0.05, 0) is 63.6 Å². The first-order valence-electron chi connectivity index (χ1n) is 10.6. The molecule has 0 saturated carbocycles. The summed E-state index contributed by atoms with van der Waals surface area (Å²) in [6, 6.07) is 3.66. The maximum Gasteiger partial charge on any atom is 0.355 e. The molecule has 6 nitrogen and oxygen atoms in total. The van der Waals surface area contributed by atoms with E-state index in [0.717, 1.165) is 30.6 Å². The Hall–Kier alpha value is -2.18. The van der Waals surface area contributed by atoms with Crippen molar-refractivity contribution in [2.45, 2.75) is 65.3 Å². The maximum atomic E-state index is 13.1. The van der Waals surface area contributed by atoms with E-state index in [9.17, 15) is 4.79 Å². The number of rotatable bonds is 3. The Labute approximate surface area is 192 Å². The molecule has 0 unspecified atom stereocenters. The molecule has 3 aromatic rings. The average molecular weight is 460 g/mol. The summed E-state index contributed by atoms with van der Waals surface area (Å²) >= 11 is 13.1. The van der Waals surface area contributed by atoms with Crippen LogP contribution in [0.3, 0.4) is 0 Å². The first kappa shape index (κ1) is 22.0. The number of piperidine rings is 1. The third-order valence-electron chi connectivity index (χ3n) is 6.09. The zero-order valence-corrected chi connectivity index (χ0v) is 20.0. The SMILES string of the molecule is Cc1ccnc(C(C)C)c1-n1c(=O)nc(Cl)c2cc(Cl)c(N3CCCCC3(C)C)nc21. The van der Waals surface area contributed by atoms with Crippen molar-refractivity contribution < 1.29 is 0 Å². The van der Waals surface area contributed by atoms with Crippen LogP contribution in [0.4, 0.5) is 5.82 Å². The number of anilines is 1. The maximum absolute atomic E-state index is 13.1. The van der Waals surface area contributed by atoms with Crippen molar-refractivity contribution in [1.29, 1.82) is 0 Å². The minimum absolute atomic E-state index is 0.0855. The molecule has 0 spiro atoms. The highest BCUT2D eigenvalue weighted by atomic mass is 35.5. The van der Waals surface area contributed by atoms with Crippen molar-refractivity contribution in [3.8, 4) is 5.69 Å². The first-order chi connectivity index (χ1) is 14.6. The zero-order chi connectivity index (χ0) is 22.5. The molecule has 0 amide bonds. The molecule has 8 heteroatoms. The van der Waals surface area contributed by atoms with Crippen LogP contribution in [0.5, 0.6) is 0 Å². The molecular weight excluding hydrogens is 433 g/mol. The summed E-state index contributed by atoms with van der Waals surface area (Å²) in [6.07, 6.45) is 5.05. The van der Waals surface area contributed by atoms with Gasteiger partial charge in [0, 0.05) is 18.3 Å². The van der Waals surface area contributed by atoms with Crippen molar-refractivity contribution in [3.63, 3.8) is 0 Å². The number of halogens is 2. The van der Waals surface area contributed by atoms with Gasteiger partial charge in [0.15, 0.2) is 5.65 Å². The molecule has 1 aliphatic heterocycles. The predicted molar refractivity (Wildman–Crippen MR) is 127 cm³/mol. The Morgan fingerprint density at radius 3 is 2.58 bits per heavy atom. The third kappa shape index (κ3) is 3.80. The minimum atomic E-state index is -0.478. The monoisotopic (exact) mass is 459 g/mol. The molecule has 31 heavy (non-hydrogen) atoms. The molecule has 0 N–H and O–H groups in total. The molecular formula is C23H27Cl2N5O. The summed E-state index contributed by atoms with van der Waals surface area (Å²) in [7, 11) is 0. The van der Waals surface area contributed by atoms with Gasteiger partial charge < -0.3 is 4.90 Å². The van der Waals surface area contributed by atoms with Gasteiger partial charge in [-0.15, -0.1) is 0 Å². The van der Waals surface area contributed by atoms with Crippen LogP contribution >= 0.6 is 23.2 Å². The van der Waals surface area contributed by atoms with Crippen molar-refractivity contribution in [3.05, 3.63) is 50.2 Å². The van der Waals surface area contributed by atoms with Crippen LogP contribution in [0, 0.1) is 6.92 Å². The molecule has 1 fully saturated rings. The lowest BCUT2D eigenvalue weighted by Gasteiger charge is -2.43. The van der Waals surface area contributed by atoms with Gasteiger partial charge in [0.25, 0.3) is 0 Å². The summed E-state index contributed by atoms with van der Waals surface area (Å²) in [5.41, 5.74) is 2.32. The fourth-order valence-electron chi connectivity index (χ4n) is 4.41. The molecule has 0 aromatic carbocycles. The molecule has 0 radical (unpaired) electrons. The van der Waals surface area contributed by atoms with Crippen LogP contribution in [0.25, 0.3) is 16.7 Å². The highest BCUT2D eigenvalue weighted by Gasteiger charge is 2.32. The second-order valence-electron chi connectivity index (χ2n) is 9.12. The van der Waals surface area contributed by atoms with E-state index in [2.05, 4.69) is 28.7 Å². The molecule has 0 aliphatic carbocycles. The largest absolute Gasteiger partial charge is 0.355 e. The van der Waals surface area contributed by atoms with Gasteiger partial charge in [-0.2, -0.15) is 4.98 Å². The van der Waals surface area contributed by atoms with Crippen LogP contribution in [0.15, 0.2) is 23.1 Å². The van der Waals surface area contributed by atoms with Gasteiger partial charge in [0.2, 0.25) is 0 Å². The molecule has 164 valence electrons. The second kappa shape index (κ2) is 8.06. The average Bonchev–Trinajstić information content (AvgIpc) is 2.69. The highest BCUT2D eigenvalue weighted by molar-refractivity contribution is 6.36. The summed E-state index contributed by atoms with van der Waals surface area (Å²) in [6.45, 7) is 11.3. The predicted octanol–water partition coefficient (Wildman–Crippen LogP) is 5.68. The van der Waals surface area contributed by atoms with Crippen molar-refractivity contribution in [2.75, 3.05) is 11.4 Å². The van der Waals surface area contributed by atoms with E-state index in [-0.39, 0.29) is 16.6 Å². The van der Waals surface area contributed by atoms with E-state index in [1.165, 1.54) is 11.0 Å². The van der Waals surface area contributed by atoms with Crippen LogP contribution in [0.1, 0.15) is 64.1 Å². The van der Waals surface area contributed by atoms with Gasteiger partial charge >= 0.3 is 5.69 Å². The molecule has 1 aliphatic rings. The number of aromatic nitrogens is 4. The molecule has 4 rings (SSSR count). The van der Waals surface area contributed by atoms with E-state index in [4.69, 9.17) is 28.2 Å². The zero-order valence-electron chi connectivity index (χ0n) is 18.5. The molecule has 4 heterocycles. The number of aryl methyl sites for hydroxylation is 1. The van der Waals surface area contributed by atoms with Crippen molar-refractivity contribution in [1.82, 2.24) is 19.5 Å². The van der Waals surface area contributed by atoms with E-state index in [0.29, 0.717) is 27.6 Å². The number of pyridine rings is 2. The number of hydrogen-bond donors (Lipinski definition) is 0. The lowest BCUT2D eigenvalue weighted by Crippen LogP contribution is -2.48. The lowest BCUT2D eigenvalue weighted by atomic mass is 9.90. The van der Waals surface area contributed by atoms with Gasteiger partial charge in [0.05, 0.1) is 21.8 Å². The first-order valence-corrected chi connectivity index (χ1v) is 11.4. The fourth-order valence-corrected chi connectivity index (χ4v) is 4.88. The Kier molecular flexibility index (Phi) is 5.73. The van der Waals surface area contributed by atoms with Crippen molar-refractivity contribution in [2.24, 2.45) is 0 Å². The van der Waals surface area contributed by atoms with Gasteiger partial charge in [0.1, 0.15) is 11.0 Å². The number of nitrogens with zero attached hydrogens (tertiary/aromatic N) is 5. The summed E-state index contributed by atoms with van der Waals surface area (Å²) in [5.74, 6) is 0.780. The quantitative estimate of drug-likeness (QED) is 0.471. The topological polar surface area (TPSA) is 63.9 Å². The Balaban J connectivity index is 2.08. The lowest BCUT2D eigenvalue weighted by molar-refractivity contribution is 0.359. The minimum Gasteiger partial charge on any atom is -0.350 e. The molecule has 3 aromatic heterocycles. The van der Waals surface area contributed by atoms with Crippen LogP contribution in [-0.4, -0.2) is 31.6 Å². The van der Waals surface area contributed by atoms with Gasteiger partial charge in [-0.25, -0.2) is 14.3 Å². The number of hydrogen-bond acceptors (Lipinski definition) is 5. The Bertz CT molecular complexity index is 1220. The third-order valence-corrected chi connectivity index (χ3v) is 6.65. The number of fused-ring (bicyclic) bond motifs is 1. The van der Waals surface area contributed by atoms with Gasteiger partial charge in [-0.1, -0.05) is 37.0 Å². The van der Waals surface area contributed by atoms with E-state index in [1.807, 2.05) is 26.8 Å². The van der Waals surface area contributed by atoms with Crippen LogP contribution in [-0.2, 0) is 0 Å². The van der Waals surface area contributed by atoms with Crippen LogP contribution in [0.2, 0.25) is 10.2 Å². The van der Waals surface area contributed by atoms with Crippen molar-refractivity contribution >= 4 is 40.1 Å². The summed E-state index contributed by atoms with van der Waals surface area (Å²) < 4.78 is 1.54. The highest BCUT2D eigenvalue weighted by Crippen LogP contribution is 2.38. The fraction of sp³-hybridized carbons (Fsp3) is 0.478. The normalized spacial score (nSPS) is 16.3. The van der Waals surface area contributed by atoms with E-state index >= 15 is 0 Å². The van der Waals surface area contributed by atoms with E-state index < -0.39 is 5.69 Å². The Morgan fingerprint density at radius 1 is 1.16 bits per heavy atom. The smallest absolute Gasteiger partial charge is 0.350 e. The molecule has 0 bridgehead atoms. The standard InChI is InChI=1S/C23H27Cl2N5O/c1-13(2)17-18(14(3)8-10-26-17)30-20-15(19(25)27-22(30)31)12-16(24)21(28-20)29-11-7-6-9-23(29,4)5/h8,10,12-13H,6-7,9,11H2,1-5H3. The Morgan fingerprint density at radius 2 is 1.90 bits per heavy atom. The molecule has 1 saturated heterocycles.